The van der Waals surface area contributed by atoms with E-state index in [0.717, 1.165) is 10.0 Å². The van der Waals surface area contributed by atoms with Crippen LogP contribution in [0.4, 0.5) is 14.5 Å². The van der Waals surface area contributed by atoms with Gasteiger partial charge < -0.3 is 5.32 Å². The first kappa shape index (κ1) is 15.6. The second-order valence-electron chi connectivity index (χ2n) is 4.68. The molecule has 0 fully saturated rings. The molecule has 0 radical (unpaired) electrons. The number of rotatable bonds is 4. The molecule has 112 valence electrons. The first-order valence-electron chi connectivity index (χ1n) is 6.25. The van der Waals surface area contributed by atoms with Crippen molar-refractivity contribution in [2.24, 2.45) is 0 Å². The number of hydrogen-bond donors (Lipinski definition) is 1. The first-order valence-corrected chi connectivity index (χ1v) is 7.04. The molecule has 0 saturated heterocycles. The molecule has 1 heterocycles. The van der Waals surface area contributed by atoms with Crippen LogP contribution < -0.4 is 5.32 Å². The molecule has 0 bridgehead atoms. The number of amides is 1. The van der Waals surface area contributed by atoms with E-state index in [9.17, 15) is 13.6 Å². The summed E-state index contributed by atoms with van der Waals surface area (Å²) in [4.78, 5) is 11.9. The van der Waals surface area contributed by atoms with Gasteiger partial charge in [0.05, 0.1) is 0 Å². The fourth-order valence-electron chi connectivity index (χ4n) is 1.86. The minimum Gasteiger partial charge on any atom is -0.324 e. The molecule has 0 aliphatic carbocycles. The normalized spacial score (nSPS) is 11.0. The number of aryl methyl sites for hydroxylation is 2. The highest BCUT2D eigenvalue weighted by Gasteiger charge is 2.15. The molecule has 1 aromatic carbocycles. The van der Waals surface area contributed by atoms with E-state index in [4.69, 9.17) is 0 Å². The summed E-state index contributed by atoms with van der Waals surface area (Å²) in [6, 6.07) is 6.69. The van der Waals surface area contributed by atoms with Gasteiger partial charge in [0.1, 0.15) is 12.2 Å². The number of carbonyl (C=O) groups excluding carboxylic acids is 1. The number of anilines is 1. The third-order valence-electron chi connectivity index (χ3n) is 2.96. The summed E-state index contributed by atoms with van der Waals surface area (Å²) in [5.74, 6) is -0.316. The summed E-state index contributed by atoms with van der Waals surface area (Å²) in [5, 5.41) is 6.44. The van der Waals surface area contributed by atoms with E-state index in [1.54, 1.807) is 13.0 Å². The van der Waals surface area contributed by atoms with E-state index in [-0.39, 0.29) is 18.1 Å². The van der Waals surface area contributed by atoms with Crippen LogP contribution >= 0.6 is 15.9 Å². The largest absolute Gasteiger partial charge is 0.324 e. The molecule has 21 heavy (non-hydrogen) atoms. The van der Waals surface area contributed by atoms with E-state index < -0.39 is 6.43 Å². The van der Waals surface area contributed by atoms with Gasteiger partial charge in [0.25, 0.3) is 6.43 Å². The number of hydrogen-bond acceptors (Lipinski definition) is 2. The number of nitrogens with one attached hydrogen (secondary N) is 1. The standard InChI is InChI=1S/C14H14BrF2N3O/c1-8-5-10(3-4-11(8)15)18-13(21)7-20-9(2)6-12(19-20)14(16)17/h3-6,14H,7H2,1-2H3,(H,18,21). The zero-order chi connectivity index (χ0) is 15.6. The Labute approximate surface area is 129 Å². The van der Waals surface area contributed by atoms with Crippen LogP contribution in [0.2, 0.25) is 0 Å². The van der Waals surface area contributed by atoms with Gasteiger partial charge in [0.15, 0.2) is 0 Å². The topological polar surface area (TPSA) is 46.9 Å². The Bertz CT molecular complexity index is 670. The second-order valence-corrected chi connectivity index (χ2v) is 5.54. The van der Waals surface area contributed by atoms with Gasteiger partial charge >= 0.3 is 0 Å². The minimum atomic E-state index is -2.64. The summed E-state index contributed by atoms with van der Waals surface area (Å²) in [6.07, 6.45) is -2.64. The van der Waals surface area contributed by atoms with Gasteiger partial charge in [-0.05, 0) is 43.7 Å². The number of aromatic nitrogens is 2. The van der Waals surface area contributed by atoms with Gasteiger partial charge in [-0.1, -0.05) is 15.9 Å². The molecule has 0 aliphatic heterocycles. The third-order valence-corrected chi connectivity index (χ3v) is 3.85. The molecule has 1 amide bonds. The fraction of sp³-hybridized carbons (Fsp3) is 0.286. The maximum absolute atomic E-state index is 12.5. The Kier molecular flexibility index (Phi) is 4.72. The van der Waals surface area contributed by atoms with Crippen molar-refractivity contribution in [3.8, 4) is 0 Å². The van der Waals surface area contributed by atoms with E-state index in [0.29, 0.717) is 11.4 Å². The number of carbonyl (C=O) groups is 1. The Morgan fingerprint density at radius 2 is 2.10 bits per heavy atom. The van der Waals surface area contributed by atoms with Crippen molar-refractivity contribution >= 4 is 27.5 Å². The van der Waals surface area contributed by atoms with Crippen molar-refractivity contribution in [1.82, 2.24) is 9.78 Å². The van der Waals surface area contributed by atoms with Crippen LogP contribution in [0.5, 0.6) is 0 Å². The summed E-state index contributed by atoms with van der Waals surface area (Å²) >= 11 is 3.38. The van der Waals surface area contributed by atoms with Crippen LogP contribution in [0.3, 0.4) is 0 Å². The Balaban J connectivity index is 2.06. The molecule has 0 aliphatic rings. The predicted octanol–water partition coefficient (Wildman–Crippen LogP) is 3.84. The highest BCUT2D eigenvalue weighted by molar-refractivity contribution is 9.10. The number of alkyl halides is 2. The summed E-state index contributed by atoms with van der Waals surface area (Å²) in [7, 11) is 0. The van der Waals surface area contributed by atoms with Crippen LogP contribution in [0.1, 0.15) is 23.4 Å². The van der Waals surface area contributed by atoms with Crippen LogP contribution in [-0.2, 0) is 11.3 Å². The van der Waals surface area contributed by atoms with Crippen molar-refractivity contribution in [2.45, 2.75) is 26.8 Å². The van der Waals surface area contributed by atoms with Gasteiger partial charge in [-0.25, -0.2) is 8.78 Å². The SMILES string of the molecule is Cc1cc(NC(=O)Cn2nc(C(F)F)cc2C)ccc1Br. The maximum atomic E-state index is 12.5. The van der Waals surface area contributed by atoms with Gasteiger partial charge in [0, 0.05) is 15.9 Å². The fourth-order valence-corrected chi connectivity index (χ4v) is 2.11. The molecule has 0 atom stereocenters. The number of benzene rings is 1. The quantitative estimate of drug-likeness (QED) is 0.903. The van der Waals surface area contributed by atoms with Gasteiger partial charge in [-0.15, -0.1) is 0 Å². The van der Waals surface area contributed by atoms with E-state index in [1.807, 2.05) is 19.1 Å². The Morgan fingerprint density at radius 1 is 1.38 bits per heavy atom. The molecule has 2 rings (SSSR count). The lowest BCUT2D eigenvalue weighted by atomic mass is 10.2. The zero-order valence-electron chi connectivity index (χ0n) is 11.5. The average molecular weight is 358 g/mol. The van der Waals surface area contributed by atoms with Crippen LogP contribution in [-0.4, -0.2) is 15.7 Å². The molecule has 0 saturated carbocycles. The van der Waals surface area contributed by atoms with Crippen molar-refractivity contribution < 1.29 is 13.6 Å². The van der Waals surface area contributed by atoms with E-state index in [2.05, 4.69) is 26.3 Å². The van der Waals surface area contributed by atoms with Crippen LogP contribution in [0, 0.1) is 13.8 Å². The van der Waals surface area contributed by atoms with Crippen molar-refractivity contribution in [2.75, 3.05) is 5.32 Å². The Morgan fingerprint density at radius 3 is 2.67 bits per heavy atom. The van der Waals surface area contributed by atoms with Crippen molar-refractivity contribution in [3.63, 3.8) is 0 Å². The molecule has 4 nitrogen and oxygen atoms in total. The Hall–Kier alpha value is -1.76. The molecule has 1 aromatic heterocycles. The highest BCUT2D eigenvalue weighted by atomic mass is 79.9. The lowest BCUT2D eigenvalue weighted by molar-refractivity contribution is -0.117. The lowest BCUT2D eigenvalue weighted by Gasteiger charge is -2.08. The lowest BCUT2D eigenvalue weighted by Crippen LogP contribution is -2.20. The van der Waals surface area contributed by atoms with Gasteiger partial charge in [0.2, 0.25) is 5.91 Å². The molecule has 7 heteroatoms. The smallest absolute Gasteiger partial charge is 0.282 e. The van der Waals surface area contributed by atoms with E-state index in [1.165, 1.54) is 10.7 Å². The van der Waals surface area contributed by atoms with Gasteiger partial charge in [-0.3, -0.25) is 9.48 Å². The second kappa shape index (κ2) is 6.34. The summed E-state index contributed by atoms with van der Waals surface area (Å²) < 4.78 is 27.3. The number of nitrogens with zero attached hydrogens (tertiary/aromatic N) is 2. The molecular weight excluding hydrogens is 344 g/mol. The predicted molar refractivity (Wildman–Crippen MR) is 79.4 cm³/mol. The average Bonchev–Trinajstić information content (AvgIpc) is 2.76. The monoisotopic (exact) mass is 357 g/mol. The maximum Gasteiger partial charge on any atom is 0.282 e. The van der Waals surface area contributed by atoms with Crippen LogP contribution in [0.25, 0.3) is 0 Å². The van der Waals surface area contributed by atoms with Gasteiger partial charge in [-0.2, -0.15) is 5.10 Å². The summed E-state index contributed by atoms with van der Waals surface area (Å²) in [5.41, 5.74) is 1.84. The molecule has 2 aromatic rings. The van der Waals surface area contributed by atoms with Crippen LogP contribution in [0.15, 0.2) is 28.7 Å². The zero-order valence-corrected chi connectivity index (χ0v) is 13.1. The summed E-state index contributed by atoms with van der Waals surface area (Å²) in [6.45, 7) is 3.44. The third kappa shape index (κ3) is 3.87. The molecule has 1 N–H and O–H groups in total. The molecule has 0 spiro atoms. The first-order chi connectivity index (χ1) is 9.86. The van der Waals surface area contributed by atoms with E-state index >= 15 is 0 Å². The molecular formula is C14H14BrF2N3O. The minimum absolute atomic E-state index is 0.104. The van der Waals surface area contributed by atoms with Crippen molar-refractivity contribution in [1.29, 1.82) is 0 Å². The van der Waals surface area contributed by atoms with Crippen molar-refractivity contribution in [3.05, 3.63) is 45.7 Å². The highest BCUT2D eigenvalue weighted by Crippen LogP contribution is 2.20. The molecule has 0 unspecified atom stereocenters. The number of halogens is 3.